The lowest BCUT2D eigenvalue weighted by molar-refractivity contribution is -0.125. The molecule has 2 N–H and O–H groups in total. The van der Waals surface area contributed by atoms with Crippen LogP contribution in [-0.2, 0) is 27.4 Å². The fourth-order valence-electron chi connectivity index (χ4n) is 4.00. The Morgan fingerprint density at radius 3 is 2.62 bits per heavy atom. The van der Waals surface area contributed by atoms with Crippen LogP contribution in [0.5, 0.6) is 0 Å². The molecule has 2 saturated heterocycles. The average Bonchev–Trinajstić information content (AvgIpc) is 3.43. The highest BCUT2D eigenvalue weighted by molar-refractivity contribution is 8.14. The lowest BCUT2D eigenvalue weighted by atomic mass is 10.0. The molecule has 0 aliphatic carbocycles. The zero-order valence-electron chi connectivity index (χ0n) is 17.3. The Kier molecular flexibility index (Phi) is 6.71. The van der Waals surface area contributed by atoms with Gasteiger partial charge in [0.25, 0.3) is 11.1 Å². The van der Waals surface area contributed by atoms with Crippen LogP contribution in [0, 0.1) is 0 Å². The number of ether oxygens (including phenoxy) is 1. The van der Waals surface area contributed by atoms with Crippen molar-refractivity contribution in [3.8, 4) is 0 Å². The van der Waals surface area contributed by atoms with E-state index in [1.807, 2.05) is 30.5 Å². The van der Waals surface area contributed by atoms with Crippen LogP contribution in [0.25, 0.3) is 11.6 Å². The second-order valence-electron chi connectivity index (χ2n) is 7.78. The molecule has 4 heterocycles. The number of carbonyl (C=O) groups excluding carboxylic acids is 3. The number of amides is 3. The molecule has 32 heavy (non-hydrogen) atoms. The third-order valence-corrected chi connectivity index (χ3v) is 6.48. The van der Waals surface area contributed by atoms with Crippen molar-refractivity contribution in [3.63, 3.8) is 0 Å². The first kappa shape index (κ1) is 22.6. The topological polar surface area (TPSA) is 94.7 Å². The lowest BCUT2D eigenvalue weighted by Crippen LogP contribution is -2.35. The van der Waals surface area contributed by atoms with Crippen molar-refractivity contribution in [1.29, 1.82) is 0 Å². The van der Waals surface area contributed by atoms with Gasteiger partial charge in [0.05, 0.1) is 31.1 Å². The predicted molar refractivity (Wildman–Crippen MR) is 125 cm³/mol. The molecule has 2 fully saturated rings. The zero-order chi connectivity index (χ0) is 21.4. The standard InChI is InChI=1S/C22H22N4O4S.ClH/c27-20-13-31-22(29)26(20)12-14-1-2-19-17(8-14)18(21(28)24-19)9-16-7-15(10-23-16)11-25-3-5-30-6-4-25;/h1-2,7-10,23H,3-6,11-13H2,(H,24,28);1H/b18-9+;. The van der Waals surface area contributed by atoms with Gasteiger partial charge in [0, 0.05) is 42.8 Å². The summed E-state index contributed by atoms with van der Waals surface area (Å²) in [6, 6.07) is 7.58. The minimum atomic E-state index is -0.227. The maximum Gasteiger partial charge on any atom is 0.289 e. The highest BCUT2D eigenvalue weighted by atomic mass is 35.5. The number of morpholine rings is 1. The highest BCUT2D eigenvalue weighted by Crippen LogP contribution is 2.34. The summed E-state index contributed by atoms with van der Waals surface area (Å²) < 4.78 is 5.39. The van der Waals surface area contributed by atoms with Gasteiger partial charge in [0.15, 0.2) is 0 Å². The Hall–Kier alpha value is -2.59. The number of thioether (sulfide) groups is 1. The van der Waals surface area contributed by atoms with Gasteiger partial charge in [-0.1, -0.05) is 17.8 Å². The summed E-state index contributed by atoms with van der Waals surface area (Å²) in [7, 11) is 0. The molecule has 10 heteroatoms. The Morgan fingerprint density at radius 2 is 1.88 bits per heavy atom. The first-order valence-corrected chi connectivity index (χ1v) is 11.2. The fourth-order valence-corrected chi connectivity index (χ4v) is 4.72. The molecule has 1 aromatic heterocycles. The number of halogens is 1. The Labute approximate surface area is 195 Å². The van der Waals surface area contributed by atoms with Gasteiger partial charge < -0.3 is 15.0 Å². The van der Waals surface area contributed by atoms with E-state index < -0.39 is 0 Å². The van der Waals surface area contributed by atoms with Gasteiger partial charge >= 0.3 is 0 Å². The van der Waals surface area contributed by atoms with Gasteiger partial charge in [0.2, 0.25) is 5.91 Å². The Balaban J connectivity index is 0.00000245. The lowest BCUT2D eigenvalue weighted by Gasteiger charge is -2.25. The van der Waals surface area contributed by atoms with E-state index in [0.717, 1.165) is 72.7 Å². The summed E-state index contributed by atoms with van der Waals surface area (Å²) in [5.41, 5.74) is 4.89. The molecule has 3 aliphatic rings. The molecule has 0 spiro atoms. The number of rotatable bonds is 5. The number of imide groups is 1. The number of aromatic amines is 1. The minimum absolute atomic E-state index is 0. The summed E-state index contributed by atoms with van der Waals surface area (Å²) in [5, 5.41) is 2.66. The molecule has 2 aromatic rings. The van der Waals surface area contributed by atoms with Gasteiger partial charge in [-0.25, -0.2) is 0 Å². The molecule has 5 rings (SSSR count). The third kappa shape index (κ3) is 4.61. The largest absolute Gasteiger partial charge is 0.379 e. The number of nitrogens with zero attached hydrogens (tertiary/aromatic N) is 2. The molecule has 8 nitrogen and oxygen atoms in total. The number of benzene rings is 1. The summed E-state index contributed by atoms with van der Waals surface area (Å²) in [6.07, 6.45) is 3.81. The second-order valence-corrected chi connectivity index (χ2v) is 8.70. The van der Waals surface area contributed by atoms with E-state index in [-0.39, 0.29) is 41.8 Å². The van der Waals surface area contributed by atoms with Crippen molar-refractivity contribution in [2.24, 2.45) is 0 Å². The van der Waals surface area contributed by atoms with Crippen LogP contribution in [0.1, 0.15) is 22.4 Å². The van der Waals surface area contributed by atoms with E-state index in [0.29, 0.717) is 5.57 Å². The quantitative estimate of drug-likeness (QED) is 0.647. The van der Waals surface area contributed by atoms with Gasteiger partial charge in [-0.2, -0.15) is 0 Å². The monoisotopic (exact) mass is 474 g/mol. The highest BCUT2D eigenvalue weighted by Gasteiger charge is 2.31. The van der Waals surface area contributed by atoms with E-state index >= 15 is 0 Å². The average molecular weight is 475 g/mol. The third-order valence-electron chi connectivity index (χ3n) is 5.62. The maximum atomic E-state index is 12.6. The summed E-state index contributed by atoms with van der Waals surface area (Å²) >= 11 is 1.02. The van der Waals surface area contributed by atoms with Crippen LogP contribution >= 0.6 is 24.2 Å². The molecule has 0 bridgehead atoms. The molecule has 0 atom stereocenters. The van der Waals surface area contributed by atoms with Crippen molar-refractivity contribution in [1.82, 2.24) is 14.8 Å². The fraction of sp³-hybridized carbons (Fsp3) is 0.318. The minimum Gasteiger partial charge on any atom is -0.379 e. The molecular weight excluding hydrogens is 452 g/mol. The predicted octanol–water partition coefficient (Wildman–Crippen LogP) is 2.96. The van der Waals surface area contributed by atoms with Gasteiger partial charge in [-0.15, -0.1) is 12.4 Å². The number of aromatic nitrogens is 1. The van der Waals surface area contributed by atoms with Gasteiger partial charge in [-0.3, -0.25) is 24.2 Å². The molecular formula is C22H23ClN4O4S. The van der Waals surface area contributed by atoms with Gasteiger partial charge in [0.1, 0.15) is 0 Å². The Morgan fingerprint density at radius 1 is 1.06 bits per heavy atom. The number of hydrogen-bond acceptors (Lipinski definition) is 6. The second kappa shape index (κ2) is 9.50. The van der Waals surface area contributed by atoms with Crippen LogP contribution < -0.4 is 5.32 Å². The van der Waals surface area contributed by atoms with Crippen molar-refractivity contribution >= 4 is 58.6 Å². The van der Waals surface area contributed by atoms with E-state index in [4.69, 9.17) is 4.74 Å². The number of nitrogens with one attached hydrogen (secondary N) is 2. The maximum absolute atomic E-state index is 12.6. The van der Waals surface area contributed by atoms with E-state index in [1.54, 1.807) is 0 Å². The smallest absolute Gasteiger partial charge is 0.289 e. The summed E-state index contributed by atoms with van der Waals surface area (Å²) in [5.74, 6) is -0.158. The summed E-state index contributed by atoms with van der Waals surface area (Å²) in [4.78, 5) is 43.2. The van der Waals surface area contributed by atoms with E-state index in [2.05, 4.69) is 21.3 Å². The molecule has 0 radical (unpaired) electrons. The van der Waals surface area contributed by atoms with Crippen LogP contribution in [0.2, 0.25) is 0 Å². The number of H-pyrrole nitrogens is 1. The molecule has 0 saturated carbocycles. The van der Waals surface area contributed by atoms with Crippen LogP contribution in [-0.4, -0.2) is 63.9 Å². The molecule has 3 aliphatic heterocycles. The number of fused-ring (bicyclic) bond motifs is 1. The van der Waals surface area contributed by atoms with Crippen LogP contribution in [0.4, 0.5) is 10.5 Å². The normalized spacial score (nSPS) is 19.9. The number of hydrogen-bond donors (Lipinski definition) is 2. The van der Waals surface area contributed by atoms with E-state index in [1.165, 1.54) is 4.90 Å². The van der Waals surface area contributed by atoms with Crippen molar-refractivity contribution in [3.05, 3.63) is 52.8 Å². The van der Waals surface area contributed by atoms with Crippen molar-refractivity contribution in [2.45, 2.75) is 13.1 Å². The van der Waals surface area contributed by atoms with E-state index in [9.17, 15) is 14.4 Å². The molecule has 0 unspecified atom stereocenters. The number of carbonyl (C=O) groups is 3. The first-order chi connectivity index (χ1) is 15.1. The summed E-state index contributed by atoms with van der Waals surface area (Å²) in [6.45, 7) is 4.40. The Bertz CT molecular complexity index is 1080. The molecule has 3 amide bonds. The molecule has 168 valence electrons. The zero-order valence-corrected chi connectivity index (χ0v) is 18.9. The number of anilines is 1. The van der Waals surface area contributed by atoms with Crippen molar-refractivity contribution in [2.75, 3.05) is 37.4 Å². The van der Waals surface area contributed by atoms with Crippen LogP contribution in [0.15, 0.2) is 30.5 Å². The molecule has 1 aromatic carbocycles. The van der Waals surface area contributed by atoms with Gasteiger partial charge in [-0.05, 0) is 35.4 Å². The first-order valence-electron chi connectivity index (χ1n) is 10.2. The van der Waals surface area contributed by atoms with Crippen LogP contribution in [0.3, 0.4) is 0 Å². The van der Waals surface area contributed by atoms with Crippen molar-refractivity contribution < 1.29 is 19.1 Å². The SMILES string of the molecule is Cl.O=C1Nc2ccc(CN3C(=O)CSC3=O)cc2/C1=C\c1cc(CN2CCOCC2)c[nH]1.